The van der Waals surface area contributed by atoms with Crippen molar-refractivity contribution in [1.29, 1.82) is 5.26 Å². The van der Waals surface area contributed by atoms with E-state index in [0.717, 1.165) is 49.5 Å². The van der Waals surface area contributed by atoms with Crippen LogP contribution in [0.3, 0.4) is 0 Å². The zero-order chi connectivity index (χ0) is 26.8. The zero-order valence-electron chi connectivity index (χ0n) is 22.2. The number of rotatable bonds is 2. The number of fused-ring (bicyclic) bond motifs is 4. The van der Waals surface area contributed by atoms with E-state index < -0.39 is 0 Å². The zero-order valence-corrected chi connectivity index (χ0v) is 22.2. The molecule has 0 unspecified atom stereocenters. The second kappa shape index (κ2) is 8.53. The van der Waals surface area contributed by atoms with Crippen LogP contribution in [0, 0.1) is 24.1 Å². The number of furan rings is 1. The van der Waals surface area contributed by atoms with Crippen molar-refractivity contribution in [1.82, 2.24) is 0 Å². The maximum absolute atomic E-state index is 15.4. The normalized spacial score (nSPS) is 11.9. The van der Waals surface area contributed by atoms with Gasteiger partial charge in [0.15, 0.2) is 6.20 Å². The molecule has 186 valence electrons. The molecule has 3 nitrogen and oxygen atoms in total. The first-order chi connectivity index (χ1) is 18.2. The molecule has 0 atom stereocenters. The van der Waals surface area contributed by atoms with Crippen molar-refractivity contribution < 1.29 is 13.4 Å². The molecular weight excluding hydrogens is 471 g/mol. The van der Waals surface area contributed by atoms with Crippen molar-refractivity contribution in [3.05, 3.63) is 102 Å². The molecular formula is C34H28FN2O+. The van der Waals surface area contributed by atoms with Crippen LogP contribution in [0.2, 0.25) is 0 Å². The maximum atomic E-state index is 15.4. The van der Waals surface area contributed by atoms with Gasteiger partial charge in [0.1, 0.15) is 24.0 Å². The number of nitriles is 1. The van der Waals surface area contributed by atoms with E-state index in [0.29, 0.717) is 22.3 Å². The average Bonchev–Trinajstić information content (AvgIpc) is 3.27. The van der Waals surface area contributed by atoms with E-state index in [4.69, 9.17) is 4.42 Å². The van der Waals surface area contributed by atoms with Crippen LogP contribution in [0.4, 0.5) is 4.39 Å². The molecule has 4 heteroatoms. The standard InChI is InChI=1S/C34H28FN2O/c1-20-10-14-25-26-15-13-24(18-36)31(23-12-11-21-8-6-7-9-22(21)16-23)33(26)38-32(25)30(20)29-17-28(35)27(19-37(29)5)34(2,3)4/h6-17,19H,1-5H3/q+1. The molecule has 2 aromatic heterocycles. The molecule has 4 aromatic carbocycles. The average molecular weight is 500 g/mol. The second-order valence-electron chi connectivity index (χ2n) is 11.1. The van der Waals surface area contributed by atoms with Crippen LogP contribution in [-0.4, -0.2) is 0 Å². The van der Waals surface area contributed by atoms with E-state index in [1.54, 1.807) is 6.07 Å². The highest BCUT2D eigenvalue weighted by Crippen LogP contribution is 2.42. The van der Waals surface area contributed by atoms with E-state index in [2.05, 4.69) is 42.5 Å². The lowest BCUT2D eigenvalue weighted by molar-refractivity contribution is -0.661. The van der Waals surface area contributed by atoms with Gasteiger partial charge in [-0.15, -0.1) is 0 Å². The third-order valence-corrected chi connectivity index (χ3v) is 7.46. The Bertz CT molecular complexity index is 1950. The minimum atomic E-state index is -0.316. The summed E-state index contributed by atoms with van der Waals surface area (Å²) in [6.45, 7) is 8.05. The summed E-state index contributed by atoms with van der Waals surface area (Å²) in [7, 11) is 1.94. The first-order valence-corrected chi connectivity index (χ1v) is 12.8. The highest BCUT2D eigenvalue weighted by molar-refractivity contribution is 6.14. The van der Waals surface area contributed by atoms with Crippen molar-refractivity contribution in [3.8, 4) is 28.5 Å². The van der Waals surface area contributed by atoms with Gasteiger partial charge < -0.3 is 4.42 Å². The highest BCUT2D eigenvalue weighted by atomic mass is 19.1. The molecule has 0 fully saturated rings. The lowest BCUT2D eigenvalue weighted by atomic mass is 9.87. The minimum absolute atomic E-state index is 0.235. The van der Waals surface area contributed by atoms with Gasteiger partial charge in [-0.1, -0.05) is 69.3 Å². The third-order valence-electron chi connectivity index (χ3n) is 7.46. The monoisotopic (exact) mass is 499 g/mol. The first kappa shape index (κ1) is 23.9. The van der Waals surface area contributed by atoms with Crippen LogP contribution in [0.25, 0.3) is 55.1 Å². The van der Waals surface area contributed by atoms with Gasteiger partial charge >= 0.3 is 0 Å². The number of pyridine rings is 1. The van der Waals surface area contributed by atoms with Crippen LogP contribution in [-0.2, 0) is 12.5 Å². The summed E-state index contributed by atoms with van der Waals surface area (Å²) in [5, 5.41) is 14.1. The van der Waals surface area contributed by atoms with Gasteiger partial charge in [-0.25, -0.2) is 8.96 Å². The smallest absolute Gasteiger partial charge is 0.219 e. The van der Waals surface area contributed by atoms with Gasteiger partial charge in [-0.2, -0.15) is 5.26 Å². The van der Waals surface area contributed by atoms with Gasteiger partial charge in [-0.3, -0.25) is 0 Å². The fourth-order valence-corrected chi connectivity index (χ4v) is 5.47. The van der Waals surface area contributed by atoms with Crippen LogP contribution >= 0.6 is 0 Å². The summed E-state index contributed by atoms with van der Waals surface area (Å²) in [5.74, 6) is -0.235. The summed E-state index contributed by atoms with van der Waals surface area (Å²) in [6.07, 6.45) is 1.87. The topological polar surface area (TPSA) is 40.8 Å². The fraction of sp³-hybridized carbons (Fsp3) is 0.176. The molecule has 0 aliphatic heterocycles. The number of aromatic nitrogens is 1. The molecule has 0 bridgehead atoms. The van der Waals surface area contributed by atoms with Gasteiger partial charge in [-0.05, 0) is 52.4 Å². The minimum Gasteiger partial charge on any atom is -0.454 e. The molecule has 38 heavy (non-hydrogen) atoms. The Labute approximate surface area is 221 Å². The van der Waals surface area contributed by atoms with Gasteiger partial charge in [0, 0.05) is 22.4 Å². The third kappa shape index (κ3) is 3.66. The summed E-state index contributed by atoms with van der Waals surface area (Å²) in [4.78, 5) is 0. The number of hydrogen-bond acceptors (Lipinski definition) is 2. The Hall–Kier alpha value is -4.49. The Morgan fingerprint density at radius 1 is 0.842 bits per heavy atom. The van der Waals surface area contributed by atoms with Crippen LogP contribution in [0.15, 0.2) is 83.4 Å². The molecule has 0 N–H and O–H groups in total. The highest BCUT2D eigenvalue weighted by Gasteiger charge is 2.28. The molecule has 0 saturated heterocycles. The van der Waals surface area contributed by atoms with Crippen molar-refractivity contribution >= 4 is 32.7 Å². The Morgan fingerprint density at radius 2 is 1.53 bits per heavy atom. The lowest BCUT2D eigenvalue weighted by Crippen LogP contribution is -2.34. The molecule has 6 rings (SSSR count). The second-order valence-corrected chi connectivity index (χ2v) is 11.1. The van der Waals surface area contributed by atoms with Crippen LogP contribution < -0.4 is 4.57 Å². The molecule has 2 heterocycles. The van der Waals surface area contributed by atoms with E-state index in [9.17, 15) is 5.26 Å². The molecule has 0 saturated carbocycles. The largest absolute Gasteiger partial charge is 0.454 e. The predicted octanol–water partition coefficient (Wildman–Crippen LogP) is 8.51. The molecule has 6 aromatic rings. The van der Waals surface area contributed by atoms with Crippen LogP contribution in [0.1, 0.15) is 37.5 Å². The van der Waals surface area contributed by atoms with Gasteiger partial charge in [0.05, 0.1) is 22.8 Å². The summed E-state index contributed by atoms with van der Waals surface area (Å²) in [5.41, 5.74) is 6.53. The number of nitrogens with zero attached hydrogens (tertiary/aromatic N) is 2. The molecule has 0 aliphatic rings. The quantitative estimate of drug-likeness (QED) is 0.224. The summed E-state index contributed by atoms with van der Waals surface area (Å²) < 4.78 is 24.0. The lowest BCUT2D eigenvalue weighted by Gasteiger charge is -2.18. The number of aryl methyl sites for hydroxylation is 2. The number of benzene rings is 4. The van der Waals surface area contributed by atoms with Crippen molar-refractivity contribution in [2.75, 3.05) is 0 Å². The summed E-state index contributed by atoms with van der Waals surface area (Å²) in [6, 6.07) is 26.3. The Balaban J connectivity index is 1.67. The molecule has 0 spiro atoms. The van der Waals surface area contributed by atoms with Gasteiger partial charge in [0.25, 0.3) is 0 Å². The van der Waals surface area contributed by atoms with Crippen molar-refractivity contribution in [3.63, 3.8) is 0 Å². The van der Waals surface area contributed by atoms with E-state index in [-0.39, 0.29) is 11.2 Å². The molecule has 0 radical (unpaired) electrons. The molecule has 0 amide bonds. The van der Waals surface area contributed by atoms with E-state index >= 15 is 4.39 Å². The van der Waals surface area contributed by atoms with Crippen molar-refractivity contribution in [2.45, 2.75) is 33.1 Å². The van der Waals surface area contributed by atoms with Crippen LogP contribution in [0.5, 0.6) is 0 Å². The SMILES string of the molecule is Cc1ccc2c(oc3c(-c4ccc5ccccc5c4)c(C#N)ccc32)c1-c1cc(F)c(C(C)(C)C)c[n+]1C. The Morgan fingerprint density at radius 3 is 2.24 bits per heavy atom. The first-order valence-electron chi connectivity index (χ1n) is 12.8. The number of hydrogen-bond donors (Lipinski definition) is 0. The Kier molecular flexibility index (Phi) is 5.36. The maximum Gasteiger partial charge on any atom is 0.219 e. The van der Waals surface area contributed by atoms with E-state index in [1.807, 2.05) is 75.8 Å². The number of halogens is 1. The fourth-order valence-electron chi connectivity index (χ4n) is 5.47. The summed E-state index contributed by atoms with van der Waals surface area (Å²) >= 11 is 0. The van der Waals surface area contributed by atoms with E-state index in [1.165, 1.54) is 0 Å². The molecule has 0 aliphatic carbocycles. The van der Waals surface area contributed by atoms with Crippen molar-refractivity contribution in [2.24, 2.45) is 7.05 Å². The van der Waals surface area contributed by atoms with Gasteiger partial charge in [0.2, 0.25) is 5.69 Å². The predicted molar refractivity (Wildman–Crippen MR) is 151 cm³/mol.